The first-order valence-corrected chi connectivity index (χ1v) is 13.0. The van der Waals surface area contributed by atoms with Crippen molar-refractivity contribution in [3.05, 3.63) is 71.4 Å². The molecule has 2 aromatic carbocycles. The van der Waals surface area contributed by atoms with E-state index in [9.17, 15) is 4.79 Å². The number of para-hydroxylation sites is 1. The quantitative estimate of drug-likeness (QED) is 0.539. The molecule has 2 fully saturated rings. The molecule has 1 saturated heterocycles. The van der Waals surface area contributed by atoms with Gasteiger partial charge in [-0.3, -0.25) is 4.79 Å². The molecule has 1 unspecified atom stereocenters. The van der Waals surface area contributed by atoms with Gasteiger partial charge in [-0.25, -0.2) is 0 Å². The van der Waals surface area contributed by atoms with Crippen molar-refractivity contribution in [1.82, 2.24) is 14.8 Å². The van der Waals surface area contributed by atoms with Crippen LogP contribution in [-0.2, 0) is 10.2 Å². The summed E-state index contributed by atoms with van der Waals surface area (Å²) >= 11 is 0. The summed E-state index contributed by atoms with van der Waals surface area (Å²) in [4.78, 5) is 21.0. The molecule has 3 aromatic rings. The van der Waals surface area contributed by atoms with E-state index < -0.39 is 0 Å². The van der Waals surface area contributed by atoms with Crippen LogP contribution in [0.4, 0.5) is 0 Å². The minimum atomic E-state index is 0.0226. The van der Waals surface area contributed by atoms with Gasteiger partial charge in [0.1, 0.15) is 0 Å². The van der Waals surface area contributed by atoms with Crippen molar-refractivity contribution in [3.63, 3.8) is 0 Å². The van der Waals surface area contributed by atoms with E-state index in [1.54, 1.807) is 4.90 Å². The van der Waals surface area contributed by atoms with E-state index in [4.69, 9.17) is 0 Å². The molecule has 1 aromatic heterocycles. The Morgan fingerprint density at radius 3 is 2.50 bits per heavy atom. The first-order valence-electron chi connectivity index (χ1n) is 13.0. The fourth-order valence-electron chi connectivity index (χ4n) is 7.16. The third-order valence-corrected chi connectivity index (χ3v) is 9.49. The van der Waals surface area contributed by atoms with Crippen LogP contribution in [0.1, 0.15) is 67.6 Å². The Labute approximate surface area is 203 Å². The van der Waals surface area contributed by atoms with Gasteiger partial charge >= 0.3 is 0 Å². The van der Waals surface area contributed by atoms with Crippen LogP contribution in [0.5, 0.6) is 0 Å². The van der Waals surface area contributed by atoms with E-state index in [-0.39, 0.29) is 17.2 Å². The number of aromatic amines is 1. The Bertz CT molecular complexity index is 1210. The molecule has 0 bridgehead atoms. The van der Waals surface area contributed by atoms with E-state index in [1.165, 1.54) is 59.8 Å². The summed E-state index contributed by atoms with van der Waals surface area (Å²) in [7, 11) is 3.78. The van der Waals surface area contributed by atoms with Gasteiger partial charge in [0.15, 0.2) is 0 Å². The van der Waals surface area contributed by atoms with Gasteiger partial charge in [-0.05, 0) is 84.7 Å². The topological polar surface area (TPSA) is 39.3 Å². The molecule has 2 heterocycles. The fourth-order valence-corrected chi connectivity index (χ4v) is 7.16. The van der Waals surface area contributed by atoms with Gasteiger partial charge in [0.25, 0.3) is 0 Å². The summed E-state index contributed by atoms with van der Waals surface area (Å²) < 4.78 is 0. The number of rotatable bonds is 5. The van der Waals surface area contributed by atoms with E-state index in [0.29, 0.717) is 11.3 Å². The van der Waals surface area contributed by atoms with Gasteiger partial charge in [0.05, 0.1) is 5.92 Å². The first-order chi connectivity index (χ1) is 16.4. The molecule has 178 valence electrons. The lowest BCUT2D eigenvalue weighted by Gasteiger charge is -2.42. The van der Waals surface area contributed by atoms with Crippen LogP contribution in [0, 0.1) is 5.41 Å². The second kappa shape index (κ2) is 7.98. The Morgan fingerprint density at radius 1 is 1.06 bits per heavy atom. The van der Waals surface area contributed by atoms with Gasteiger partial charge in [-0.1, -0.05) is 49.4 Å². The average Bonchev–Trinajstić information content (AvgIpc) is 3.40. The molecule has 2 aliphatic carbocycles. The zero-order valence-electron chi connectivity index (χ0n) is 20.8. The molecule has 1 spiro atoms. The highest BCUT2D eigenvalue weighted by Gasteiger charge is 2.52. The third kappa shape index (κ3) is 3.41. The van der Waals surface area contributed by atoms with E-state index >= 15 is 0 Å². The second-order valence-corrected chi connectivity index (χ2v) is 11.5. The Morgan fingerprint density at radius 2 is 1.76 bits per heavy atom. The van der Waals surface area contributed by atoms with E-state index in [0.717, 1.165) is 19.5 Å². The minimum Gasteiger partial charge on any atom is -0.361 e. The zero-order chi connectivity index (χ0) is 23.5. The van der Waals surface area contributed by atoms with Crippen molar-refractivity contribution in [3.8, 4) is 0 Å². The number of hydrogen-bond acceptors (Lipinski definition) is 2. The highest BCUT2D eigenvalue weighted by molar-refractivity contribution is 5.85. The molecule has 2 atom stereocenters. The highest BCUT2D eigenvalue weighted by atomic mass is 16.2. The van der Waals surface area contributed by atoms with Crippen LogP contribution in [0.3, 0.4) is 0 Å². The van der Waals surface area contributed by atoms with Gasteiger partial charge < -0.3 is 14.8 Å². The molecule has 4 heteroatoms. The summed E-state index contributed by atoms with van der Waals surface area (Å²) in [5, 5.41) is 1.39. The summed E-state index contributed by atoms with van der Waals surface area (Å²) in [6.07, 6.45) is 8.22. The number of carbonyl (C=O) groups excluding carboxylic acids is 1. The van der Waals surface area contributed by atoms with Gasteiger partial charge in [-0.2, -0.15) is 0 Å². The van der Waals surface area contributed by atoms with Crippen molar-refractivity contribution in [2.45, 2.75) is 56.3 Å². The number of nitrogens with zero attached hydrogens (tertiary/aromatic N) is 2. The number of carbonyl (C=O) groups is 1. The van der Waals surface area contributed by atoms with Gasteiger partial charge in [0.2, 0.25) is 5.91 Å². The first kappa shape index (κ1) is 21.9. The van der Waals surface area contributed by atoms with Crippen LogP contribution in [-0.4, -0.2) is 54.4 Å². The Balaban J connectivity index is 1.17. The fraction of sp³-hybridized carbons (Fsp3) is 0.500. The van der Waals surface area contributed by atoms with Crippen molar-refractivity contribution in [2.24, 2.45) is 5.41 Å². The number of piperidine rings is 1. The molecule has 1 aliphatic heterocycles. The average molecular weight is 456 g/mol. The van der Waals surface area contributed by atoms with Crippen LogP contribution in [0.2, 0.25) is 0 Å². The predicted octanol–water partition coefficient (Wildman–Crippen LogP) is 5.66. The van der Waals surface area contributed by atoms with Crippen molar-refractivity contribution >= 4 is 16.8 Å². The number of aromatic nitrogens is 1. The van der Waals surface area contributed by atoms with E-state index in [1.807, 2.05) is 14.1 Å². The van der Waals surface area contributed by atoms with Crippen LogP contribution >= 0.6 is 0 Å². The number of hydrogen-bond donors (Lipinski definition) is 1. The zero-order valence-corrected chi connectivity index (χ0v) is 20.8. The number of likely N-dealkylation sites (tertiary alicyclic amines) is 1. The molecule has 3 aliphatic rings. The summed E-state index contributed by atoms with van der Waals surface area (Å²) in [6.45, 7) is 5.92. The smallest absolute Gasteiger partial charge is 0.229 e. The molecular weight excluding hydrogens is 418 g/mol. The van der Waals surface area contributed by atoms with Crippen molar-refractivity contribution < 1.29 is 4.79 Å². The lowest BCUT2D eigenvalue weighted by molar-refractivity contribution is -0.130. The molecule has 4 nitrogen and oxygen atoms in total. The standard InChI is InChI=1S/C30H37N3O/c1-21(25-19-31-27-11-7-5-9-23(25)27)30(12-13-30)20-33-16-14-29(15-17-33)18-24(28(34)32(2)3)22-8-4-6-10-26(22)29/h4-11,19,21,24,31H,12-18,20H2,1-3H3/t21?,24-/m1/s1. The highest BCUT2D eigenvalue weighted by Crippen LogP contribution is 2.58. The lowest BCUT2D eigenvalue weighted by Crippen LogP contribution is -2.44. The summed E-state index contributed by atoms with van der Waals surface area (Å²) in [5.74, 6) is 0.847. The molecule has 1 saturated carbocycles. The summed E-state index contributed by atoms with van der Waals surface area (Å²) in [6, 6.07) is 17.5. The van der Waals surface area contributed by atoms with Gasteiger partial charge in [0, 0.05) is 37.7 Å². The Kier molecular flexibility index (Phi) is 5.14. The number of likely N-dealkylation sites (N-methyl/N-ethyl adjacent to an activating group) is 1. The maximum Gasteiger partial charge on any atom is 0.229 e. The van der Waals surface area contributed by atoms with Crippen molar-refractivity contribution in [2.75, 3.05) is 33.7 Å². The SMILES string of the molecule is CC(c1c[nH]c2ccccc12)C1(CN2CCC3(CC2)C[C@@H](C(=O)N(C)C)c2ccccc23)CC1. The predicted molar refractivity (Wildman–Crippen MR) is 138 cm³/mol. The molecule has 6 rings (SSSR count). The second-order valence-electron chi connectivity index (χ2n) is 11.5. The molecule has 34 heavy (non-hydrogen) atoms. The monoisotopic (exact) mass is 455 g/mol. The molecule has 0 radical (unpaired) electrons. The number of nitrogens with one attached hydrogen (secondary N) is 1. The normalized spacial score (nSPS) is 23.7. The molecular formula is C30H37N3O. The maximum absolute atomic E-state index is 13.0. The largest absolute Gasteiger partial charge is 0.361 e. The number of benzene rings is 2. The molecule has 1 N–H and O–H groups in total. The third-order valence-electron chi connectivity index (χ3n) is 9.49. The number of fused-ring (bicyclic) bond motifs is 3. The number of H-pyrrole nitrogens is 1. The maximum atomic E-state index is 13.0. The summed E-state index contributed by atoms with van der Waals surface area (Å²) in [5.41, 5.74) is 6.04. The van der Waals surface area contributed by atoms with E-state index in [2.05, 4.69) is 71.5 Å². The van der Waals surface area contributed by atoms with Crippen LogP contribution in [0.15, 0.2) is 54.7 Å². The minimum absolute atomic E-state index is 0.0226. The number of amides is 1. The van der Waals surface area contributed by atoms with Crippen LogP contribution < -0.4 is 0 Å². The Hall–Kier alpha value is -2.59. The molecule has 1 amide bonds. The lowest BCUT2D eigenvalue weighted by atomic mass is 9.73. The van der Waals surface area contributed by atoms with Crippen molar-refractivity contribution in [1.29, 1.82) is 0 Å². The van der Waals surface area contributed by atoms with Crippen LogP contribution in [0.25, 0.3) is 10.9 Å². The van der Waals surface area contributed by atoms with Gasteiger partial charge in [-0.15, -0.1) is 0 Å².